The first-order chi connectivity index (χ1) is 13.5. The van der Waals surface area contributed by atoms with E-state index in [-0.39, 0.29) is 23.7 Å². The van der Waals surface area contributed by atoms with E-state index in [4.69, 9.17) is 9.15 Å². The monoisotopic (exact) mass is 448 g/mol. The van der Waals surface area contributed by atoms with Gasteiger partial charge >= 0.3 is 6.61 Å². The maximum absolute atomic E-state index is 12.3. The average molecular weight is 449 g/mol. The number of allylic oxidation sites excluding steroid dienone is 1. The Hall–Kier alpha value is -2.93. The van der Waals surface area contributed by atoms with Crippen LogP contribution in [0.4, 0.5) is 8.78 Å². The van der Waals surface area contributed by atoms with E-state index in [0.717, 1.165) is 4.47 Å². The van der Waals surface area contributed by atoms with E-state index >= 15 is 0 Å². The number of carbonyl (C=O) groups is 1. The maximum Gasteiger partial charge on any atom is 0.387 e. The fraction of sp³-hybridized carbons (Fsp3) is 0.0952. The third-order valence-corrected chi connectivity index (χ3v) is 4.29. The highest BCUT2D eigenvalue weighted by atomic mass is 79.9. The van der Waals surface area contributed by atoms with Gasteiger partial charge in [-0.2, -0.15) is 8.78 Å². The third-order valence-electron chi connectivity index (χ3n) is 3.63. The summed E-state index contributed by atoms with van der Waals surface area (Å²) in [6.45, 7) is -2.71. The molecule has 7 heteroatoms. The molecule has 0 aliphatic heterocycles. The molecule has 0 amide bonds. The normalized spacial score (nSPS) is 11.1. The number of rotatable bonds is 8. The molecule has 0 spiro atoms. The number of alkyl halides is 2. The highest BCUT2D eigenvalue weighted by molar-refractivity contribution is 9.10. The molecule has 0 radical (unpaired) electrons. The van der Waals surface area contributed by atoms with E-state index in [0.29, 0.717) is 17.3 Å². The van der Waals surface area contributed by atoms with Crippen LogP contribution in [0.1, 0.15) is 21.9 Å². The van der Waals surface area contributed by atoms with Gasteiger partial charge in [0.1, 0.15) is 29.6 Å². The van der Waals surface area contributed by atoms with Crippen molar-refractivity contribution >= 4 is 27.8 Å². The molecule has 4 nitrogen and oxygen atoms in total. The van der Waals surface area contributed by atoms with Gasteiger partial charge in [0.05, 0.1) is 4.47 Å². The summed E-state index contributed by atoms with van der Waals surface area (Å²) < 4.78 is 41.0. The second-order valence-electron chi connectivity index (χ2n) is 5.63. The van der Waals surface area contributed by atoms with Crippen LogP contribution in [0.25, 0.3) is 6.08 Å². The average Bonchev–Trinajstić information content (AvgIpc) is 3.13. The van der Waals surface area contributed by atoms with Gasteiger partial charge in [0.15, 0.2) is 5.78 Å². The largest absolute Gasteiger partial charge is 0.484 e. The molecule has 0 bridgehead atoms. The standard InChI is InChI=1S/C21H15BrF2O4/c22-18-6-1-2-7-20(18)26-13-17-9-8-15(27-17)10-11-19(25)14-4-3-5-16(12-14)28-21(23)24/h1-12,21H,13H2/b11-10+. The Bertz CT molecular complexity index is 982. The Labute approximate surface area is 168 Å². The lowest BCUT2D eigenvalue weighted by Gasteiger charge is -2.05. The van der Waals surface area contributed by atoms with Crippen molar-refractivity contribution < 1.29 is 27.5 Å². The highest BCUT2D eigenvalue weighted by Gasteiger charge is 2.08. The Morgan fingerprint density at radius 2 is 1.93 bits per heavy atom. The van der Waals surface area contributed by atoms with E-state index in [2.05, 4.69) is 20.7 Å². The van der Waals surface area contributed by atoms with Crippen LogP contribution in [0.5, 0.6) is 11.5 Å². The lowest BCUT2D eigenvalue weighted by atomic mass is 10.1. The zero-order valence-electron chi connectivity index (χ0n) is 14.5. The minimum Gasteiger partial charge on any atom is -0.484 e. The molecule has 0 fully saturated rings. The number of hydrogen-bond acceptors (Lipinski definition) is 4. The zero-order valence-corrected chi connectivity index (χ0v) is 16.1. The van der Waals surface area contributed by atoms with Crippen LogP contribution in [-0.2, 0) is 6.61 Å². The molecule has 2 aromatic carbocycles. The van der Waals surface area contributed by atoms with Crippen LogP contribution < -0.4 is 9.47 Å². The first-order valence-corrected chi connectivity index (χ1v) is 9.04. The Morgan fingerprint density at radius 1 is 1.11 bits per heavy atom. The summed E-state index contributed by atoms with van der Waals surface area (Å²) in [6, 6.07) is 16.5. The fourth-order valence-corrected chi connectivity index (χ4v) is 2.75. The topological polar surface area (TPSA) is 48.7 Å². The molecule has 0 atom stereocenters. The van der Waals surface area contributed by atoms with Gasteiger partial charge in [0.2, 0.25) is 0 Å². The smallest absolute Gasteiger partial charge is 0.387 e. The second-order valence-corrected chi connectivity index (χ2v) is 6.48. The zero-order chi connectivity index (χ0) is 19.9. The number of furan rings is 1. The number of halogens is 3. The van der Waals surface area contributed by atoms with Crippen molar-refractivity contribution in [1.29, 1.82) is 0 Å². The van der Waals surface area contributed by atoms with Crippen molar-refractivity contribution in [1.82, 2.24) is 0 Å². The van der Waals surface area contributed by atoms with Crippen LogP contribution in [0, 0.1) is 0 Å². The molecule has 0 unspecified atom stereocenters. The molecular formula is C21H15BrF2O4. The van der Waals surface area contributed by atoms with Crippen molar-refractivity contribution in [2.45, 2.75) is 13.2 Å². The van der Waals surface area contributed by atoms with Crippen LogP contribution in [-0.4, -0.2) is 12.4 Å². The van der Waals surface area contributed by atoms with Crippen LogP contribution in [0.3, 0.4) is 0 Å². The lowest BCUT2D eigenvalue weighted by molar-refractivity contribution is -0.0498. The number of benzene rings is 2. The molecule has 0 aliphatic carbocycles. The van der Waals surface area contributed by atoms with E-state index in [1.807, 2.05) is 24.3 Å². The minimum atomic E-state index is -2.94. The fourth-order valence-electron chi connectivity index (χ4n) is 2.35. The predicted octanol–water partition coefficient (Wildman–Crippen LogP) is 6.12. The van der Waals surface area contributed by atoms with E-state index in [1.54, 1.807) is 12.1 Å². The number of ether oxygens (including phenoxy) is 2. The molecule has 0 aliphatic rings. The third kappa shape index (κ3) is 5.53. The maximum atomic E-state index is 12.3. The number of para-hydroxylation sites is 1. The minimum absolute atomic E-state index is 0.0706. The van der Waals surface area contributed by atoms with Gasteiger partial charge in [0, 0.05) is 5.56 Å². The van der Waals surface area contributed by atoms with Crippen LogP contribution >= 0.6 is 15.9 Å². The molecule has 3 aromatic rings. The quantitative estimate of drug-likeness (QED) is 0.307. The van der Waals surface area contributed by atoms with Crippen molar-refractivity contribution in [2.24, 2.45) is 0 Å². The molecule has 0 saturated carbocycles. The predicted molar refractivity (Wildman–Crippen MR) is 104 cm³/mol. The first kappa shape index (κ1) is 19.8. The number of carbonyl (C=O) groups excluding carboxylic acids is 1. The van der Waals surface area contributed by atoms with Crippen molar-refractivity contribution in [3.8, 4) is 11.5 Å². The molecule has 28 heavy (non-hydrogen) atoms. The van der Waals surface area contributed by atoms with Crippen molar-refractivity contribution in [2.75, 3.05) is 0 Å². The number of ketones is 1. The molecular weight excluding hydrogens is 434 g/mol. The summed E-state index contributed by atoms with van der Waals surface area (Å²) in [5.74, 6) is 1.33. The molecule has 0 N–H and O–H groups in total. The van der Waals surface area contributed by atoms with Gasteiger partial charge in [-0.25, -0.2) is 0 Å². The molecule has 3 rings (SSSR count). The summed E-state index contributed by atoms with van der Waals surface area (Å²) in [7, 11) is 0. The van der Waals surface area contributed by atoms with Crippen LogP contribution in [0.2, 0.25) is 0 Å². The van der Waals surface area contributed by atoms with Crippen molar-refractivity contribution in [3.05, 3.63) is 88.3 Å². The van der Waals surface area contributed by atoms with Crippen LogP contribution in [0.15, 0.2) is 75.6 Å². The first-order valence-electron chi connectivity index (χ1n) is 8.24. The Morgan fingerprint density at radius 3 is 2.71 bits per heavy atom. The van der Waals surface area contributed by atoms with Gasteiger partial charge in [-0.15, -0.1) is 0 Å². The van der Waals surface area contributed by atoms with Gasteiger partial charge < -0.3 is 13.9 Å². The van der Waals surface area contributed by atoms with Gasteiger partial charge in [0.25, 0.3) is 0 Å². The second kappa shape index (κ2) is 9.32. The van der Waals surface area contributed by atoms with Gasteiger partial charge in [-0.1, -0.05) is 24.3 Å². The lowest BCUT2D eigenvalue weighted by Crippen LogP contribution is -2.03. The Balaban J connectivity index is 1.60. The SMILES string of the molecule is O=C(/C=C/c1ccc(COc2ccccc2Br)o1)c1cccc(OC(F)F)c1. The van der Waals surface area contributed by atoms with Gasteiger partial charge in [-0.05, 0) is 64.5 Å². The molecule has 0 saturated heterocycles. The summed E-state index contributed by atoms with van der Waals surface area (Å²) >= 11 is 3.40. The van der Waals surface area contributed by atoms with Crippen molar-refractivity contribution in [3.63, 3.8) is 0 Å². The van der Waals surface area contributed by atoms with E-state index < -0.39 is 6.61 Å². The summed E-state index contributed by atoms with van der Waals surface area (Å²) in [5, 5.41) is 0. The summed E-state index contributed by atoms with van der Waals surface area (Å²) in [6.07, 6.45) is 2.81. The van der Waals surface area contributed by atoms with E-state index in [9.17, 15) is 13.6 Å². The highest BCUT2D eigenvalue weighted by Crippen LogP contribution is 2.25. The molecule has 144 valence electrons. The molecule has 1 heterocycles. The van der Waals surface area contributed by atoms with Gasteiger partial charge in [-0.3, -0.25) is 4.79 Å². The molecule has 1 aromatic heterocycles. The van der Waals surface area contributed by atoms with E-state index in [1.165, 1.54) is 36.4 Å². The Kier molecular flexibility index (Phi) is 6.60. The summed E-state index contributed by atoms with van der Waals surface area (Å²) in [5.41, 5.74) is 0.235. The number of hydrogen-bond donors (Lipinski definition) is 0. The summed E-state index contributed by atoms with van der Waals surface area (Å²) in [4.78, 5) is 12.2.